The number of amides is 1. The lowest BCUT2D eigenvalue weighted by Gasteiger charge is -2.33. The van der Waals surface area contributed by atoms with E-state index in [-0.39, 0.29) is 18.1 Å². The second-order valence-corrected chi connectivity index (χ2v) is 6.94. The maximum atomic E-state index is 12.6. The lowest BCUT2D eigenvalue weighted by atomic mass is 9.91. The highest BCUT2D eigenvalue weighted by molar-refractivity contribution is 5.94. The van der Waals surface area contributed by atoms with Crippen molar-refractivity contribution in [3.63, 3.8) is 0 Å². The van der Waals surface area contributed by atoms with Crippen LogP contribution in [0.25, 0.3) is 0 Å². The van der Waals surface area contributed by atoms with Crippen molar-refractivity contribution in [3.05, 3.63) is 48.2 Å². The molecule has 0 aliphatic carbocycles. The molecule has 2 aromatic heterocycles. The molecule has 0 aromatic carbocycles. The molecule has 25 heavy (non-hydrogen) atoms. The molecule has 0 saturated carbocycles. The van der Waals surface area contributed by atoms with E-state index in [1.807, 2.05) is 25.1 Å². The second-order valence-electron chi connectivity index (χ2n) is 6.94. The number of pyridine rings is 1. The third-order valence-corrected chi connectivity index (χ3v) is 5.18. The summed E-state index contributed by atoms with van der Waals surface area (Å²) in [7, 11) is 0. The number of fused-ring (bicyclic) bond motifs is 1. The number of ether oxygens (including phenoxy) is 1. The SMILES string of the molecule is Cc1ncccc1NC(=O)[C@H]1C[C@@H]2CCN(Cc3ccoc3)C[C@H]2O1. The summed E-state index contributed by atoms with van der Waals surface area (Å²) in [6, 6.07) is 5.69. The van der Waals surface area contributed by atoms with Crippen LogP contribution in [0.5, 0.6) is 0 Å². The predicted molar refractivity (Wildman–Crippen MR) is 93.0 cm³/mol. The fraction of sp³-hybridized carbons (Fsp3) is 0.474. The Morgan fingerprint density at radius 1 is 1.44 bits per heavy atom. The van der Waals surface area contributed by atoms with Gasteiger partial charge in [-0.15, -0.1) is 0 Å². The van der Waals surface area contributed by atoms with Gasteiger partial charge in [0.05, 0.1) is 30.0 Å². The Morgan fingerprint density at radius 2 is 2.36 bits per heavy atom. The van der Waals surface area contributed by atoms with Crippen molar-refractivity contribution < 1.29 is 13.9 Å². The Hall–Kier alpha value is -2.18. The van der Waals surface area contributed by atoms with E-state index >= 15 is 0 Å². The van der Waals surface area contributed by atoms with Gasteiger partial charge in [0.1, 0.15) is 6.10 Å². The number of anilines is 1. The highest BCUT2D eigenvalue weighted by Gasteiger charge is 2.41. The number of rotatable bonds is 4. The minimum Gasteiger partial charge on any atom is -0.472 e. The topological polar surface area (TPSA) is 67.6 Å². The highest BCUT2D eigenvalue weighted by Crippen LogP contribution is 2.34. The minimum atomic E-state index is -0.372. The molecule has 6 nitrogen and oxygen atoms in total. The van der Waals surface area contributed by atoms with E-state index in [1.54, 1.807) is 18.7 Å². The number of nitrogens with zero attached hydrogens (tertiary/aromatic N) is 2. The molecule has 2 aliphatic heterocycles. The van der Waals surface area contributed by atoms with Crippen LogP contribution in [0.3, 0.4) is 0 Å². The zero-order valence-corrected chi connectivity index (χ0v) is 14.4. The Balaban J connectivity index is 1.34. The van der Waals surface area contributed by atoms with Crippen LogP contribution >= 0.6 is 0 Å². The lowest BCUT2D eigenvalue weighted by Crippen LogP contribution is -2.41. The maximum absolute atomic E-state index is 12.6. The van der Waals surface area contributed by atoms with Gasteiger partial charge in [0.25, 0.3) is 5.91 Å². The van der Waals surface area contributed by atoms with E-state index < -0.39 is 0 Å². The van der Waals surface area contributed by atoms with Crippen LogP contribution in [0.15, 0.2) is 41.3 Å². The fourth-order valence-electron chi connectivity index (χ4n) is 3.78. The van der Waals surface area contributed by atoms with Crippen molar-refractivity contribution >= 4 is 11.6 Å². The molecule has 4 rings (SSSR count). The van der Waals surface area contributed by atoms with Gasteiger partial charge in [-0.3, -0.25) is 14.7 Å². The third kappa shape index (κ3) is 3.60. The second kappa shape index (κ2) is 6.98. The average molecular weight is 341 g/mol. The number of hydrogen-bond acceptors (Lipinski definition) is 5. The monoisotopic (exact) mass is 341 g/mol. The summed E-state index contributed by atoms with van der Waals surface area (Å²) in [4.78, 5) is 19.1. The minimum absolute atomic E-state index is 0.0631. The molecule has 1 amide bonds. The largest absolute Gasteiger partial charge is 0.472 e. The standard InChI is InChI=1S/C19H23N3O3/c1-13-16(3-2-6-20-13)21-19(23)17-9-15-4-7-22(11-18(15)25-17)10-14-5-8-24-12-14/h2-3,5-6,8,12,15,17-18H,4,7,9-11H2,1H3,(H,21,23)/t15-,17+,18+/m0/s1. The van der Waals surface area contributed by atoms with Crippen LogP contribution in [-0.2, 0) is 16.1 Å². The molecule has 2 aliphatic rings. The van der Waals surface area contributed by atoms with Gasteiger partial charge in [0.2, 0.25) is 0 Å². The first-order valence-electron chi connectivity index (χ1n) is 8.80. The zero-order valence-electron chi connectivity index (χ0n) is 14.4. The van der Waals surface area contributed by atoms with Gasteiger partial charge in [-0.05, 0) is 50.4 Å². The molecule has 0 bridgehead atoms. The number of piperidine rings is 1. The highest BCUT2D eigenvalue weighted by atomic mass is 16.5. The Bertz CT molecular complexity index is 731. The first-order valence-corrected chi connectivity index (χ1v) is 8.80. The molecule has 0 spiro atoms. The molecule has 4 heterocycles. The first kappa shape index (κ1) is 16.3. The molecular weight excluding hydrogens is 318 g/mol. The summed E-state index contributed by atoms with van der Waals surface area (Å²) < 4.78 is 11.2. The van der Waals surface area contributed by atoms with E-state index in [2.05, 4.69) is 15.2 Å². The fourth-order valence-corrected chi connectivity index (χ4v) is 3.78. The number of likely N-dealkylation sites (tertiary alicyclic amines) is 1. The predicted octanol–water partition coefficient (Wildman–Crippen LogP) is 2.60. The van der Waals surface area contributed by atoms with Crippen LogP contribution in [0, 0.1) is 12.8 Å². The summed E-state index contributed by atoms with van der Waals surface area (Å²) in [5, 5.41) is 2.96. The van der Waals surface area contributed by atoms with E-state index in [4.69, 9.17) is 9.15 Å². The van der Waals surface area contributed by atoms with Gasteiger partial charge in [-0.1, -0.05) is 0 Å². The molecule has 2 fully saturated rings. The van der Waals surface area contributed by atoms with Gasteiger partial charge in [0, 0.05) is 24.8 Å². The Labute approximate surface area is 147 Å². The van der Waals surface area contributed by atoms with E-state index in [9.17, 15) is 4.79 Å². The molecule has 0 radical (unpaired) electrons. The molecular formula is C19H23N3O3. The van der Waals surface area contributed by atoms with Gasteiger partial charge in [-0.25, -0.2) is 0 Å². The van der Waals surface area contributed by atoms with Crippen LogP contribution in [0.2, 0.25) is 0 Å². The van der Waals surface area contributed by atoms with Crippen molar-refractivity contribution in [3.8, 4) is 0 Å². The van der Waals surface area contributed by atoms with Crippen molar-refractivity contribution in [2.45, 2.75) is 38.5 Å². The summed E-state index contributed by atoms with van der Waals surface area (Å²) in [6.45, 7) is 4.66. The third-order valence-electron chi connectivity index (χ3n) is 5.18. The average Bonchev–Trinajstić information content (AvgIpc) is 3.26. The van der Waals surface area contributed by atoms with E-state index in [1.165, 1.54) is 5.56 Å². The number of furan rings is 1. The van der Waals surface area contributed by atoms with E-state index in [0.717, 1.165) is 43.9 Å². The van der Waals surface area contributed by atoms with Gasteiger partial charge in [0.15, 0.2) is 0 Å². The number of carbonyl (C=O) groups is 1. The van der Waals surface area contributed by atoms with E-state index in [0.29, 0.717) is 5.92 Å². The number of hydrogen-bond donors (Lipinski definition) is 1. The Kier molecular flexibility index (Phi) is 4.55. The van der Waals surface area contributed by atoms with Crippen LogP contribution < -0.4 is 5.32 Å². The van der Waals surface area contributed by atoms with Crippen molar-refractivity contribution in [1.29, 1.82) is 0 Å². The molecule has 2 aromatic rings. The maximum Gasteiger partial charge on any atom is 0.253 e. The molecule has 0 unspecified atom stereocenters. The van der Waals surface area contributed by atoms with Gasteiger partial charge < -0.3 is 14.5 Å². The lowest BCUT2D eigenvalue weighted by molar-refractivity contribution is -0.127. The van der Waals surface area contributed by atoms with Gasteiger partial charge in [-0.2, -0.15) is 0 Å². The number of carbonyl (C=O) groups excluding carboxylic acids is 1. The van der Waals surface area contributed by atoms with Crippen LogP contribution in [0.1, 0.15) is 24.1 Å². The molecule has 1 N–H and O–H groups in total. The van der Waals surface area contributed by atoms with Crippen LogP contribution in [0.4, 0.5) is 5.69 Å². The quantitative estimate of drug-likeness (QED) is 0.926. The van der Waals surface area contributed by atoms with Crippen molar-refractivity contribution in [1.82, 2.24) is 9.88 Å². The summed E-state index contributed by atoms with van der Waals surface area (Å²) >= 11 is 0. The number of aryl methyl sites for hydroxylation is 1. The first-order chi connectivity index (χ1) is 12.2. The van der Waals surface area contributed by atoms with Gasteiger partial charge >= 0.3 is 0 Å². The molecule has 6 heteroatoms. The van der Waals surface area contributed by atoms with Crippen molar-refractivity contribution in [2.24, 2.45) is 5.92 Å². The molecule has 132 valence electrons. The number of aromatic nitrogens is 1. The smallest absolute Gasteiger partial charge is 0.253 e. The summed E-state index contributed by atoms with van der Waals surface area (Å²) in [5.41, 5.74) is 2.75. The van der Waals surface area contributed by atoms with Crippen molar-refractivity contribution in [2.75, 3.05) is 18.4 Å². The molecule has 2 saturated heterocycles. The molecule has 3 atom stereocenters. The Morgan fingerprint density at radius 3 is 3.16 bits per heavy atom. The zero-order chi connectivity index (χ0) is 17.2. The van der Waals surface area contributed by atoms with Crippen LogP contribution in [-0.4, -0.2) is 41.1 Å². The summed E-state index contributed by atoms with van der Waals surface area (Å²) in [6.07, 6.45) is 6.84. The normalized spacial score (nSPS) is 26.4. The number of nitrogens with one attached hydrogen (secondary N) is 1. The summed E-state index contributed by atoms with van der Waals surface area (Å²) in [5.74, 6) is 0.401.